The van der Waals surface area contributed by atoms with Gasteiger partial charge in [0.05, 0.1) is 13.1 Å². The summed E-state index contributed by atoms with van der Waals surface area (Å²) in [6.45, 7) is 10.9. The van der Waals surface area contributed by atoms with Crippen LogP contribution in [0.4, 0.5) is 0 Å². The fraction of sp³-hybridized carbons (Fsp3) is 0.765. The normalized spacial score (nSPS) is 21.3. The number of likely N-dealkylation sites (tertiary alicyclic amines) is 1. The highest BCUT2D eigenvalue weighted by Crippen LogP contribution is 2.21. The molecule has 3 heteroatoms. The molecule has 1 N–H and O–H groups in total. The number of nitrogens with zero attached hydrogens (tertiary/aromatic N) is 1. The van der Waals surface area contributed by atoms with Crippen LogP contribution in [0.25, 0.3) is 0 Å². The Morgan fingerprint density at radius 3 is 2.80 bits per heavy atom. The minimum atomic E-state index is 0.500. The number of furan rings is 1. The van der Waals surface area contributed by atoms with Gasteiger partial charge in [-0.3, -0.25) is 4.90 Å². The van der Waals surface area contributed by atoms with Crippen LogP contribution in [-0.4, -0.2) is 24.0 Å². The maximum Gasteiger partial charge on any atom is 0.118 e. The lowest BCUT2D eigenvalue weighted by Gasteiger charge is -2.18. The molecule has 0 saturated carbocycles. The second-order valence-electron chi connectivity index (χ2n) is 6.38. The molecule has 20 heavy (non-hydrogen) atoms. The van der Waals surface area contributed by atoms with Crippen LogP contribution in [0.1, 0.15) is 58.0 Å². The zero-order valence-corrected chi connectivity index (χ0v) is 13.3. The molecule has 0 aliphatic carbocycles. The Hall–Kier alpha value is -0.800. The highest BCUT2D eigenvalue weighted by Gasteiger charge is 2.16. The molecule has 0 radical (unpaired) electrons. The molecule has 2 rings (SSSR count). The molecule has 1 aromatic rings. The van der Waals surface area contributed by atoms with E-state index in [0.717, 1.165) is 30.5 Å². The van der Waals surface area contributed by atoms with Crippen molar-refractivity contribution < 1.29 is 4.42 Å². The molecule has 0 bridgehead atoms. The SMILES string of the molecule is CCC1CCCN(Cc2ccc(CNC(C)C)o2)CC1. The Morgan fingerprint density at radius 1 is 1.25 bits per heavy atom. The van der Waals surface area contributed by atoms with Gasteiger partial charge in [0.2, 0.25) is 0 Å². The maximum absolute atomic E-state index is 5.93. The first-order valence-electron chi connectivity index (χ1n) is 8.20. The Bertz CT molecular complexity index is 386. The third-order valence-electron chi connectivity index (χ3n) is 4.30. The topological polar surface area (TPSA) is 28.4 Å². The van der Waals surface area contributed by atoms with Crippen LogP contribution in [0.15, 0.2) is 16.5 Å². The molecule has 0 aromatic carbocycles. The second kappa shape index (κ2) is 7.84. The number of nitrogens with one attached hydrogen (secondary N) is 1. The summed E-state index contributed by atoms with van der Waals surface area (Å²) in [7, 11) is 0. The summed E-state index contributed by atoms with van der Waals surface area (Å²) in [6.07, 6.45) is 5.41. The molecule has 0 spiro atoms. The average Bonchev–Trinajstić information content (AvgIpc) is 2.74. The summed E-state index contributed by atoms with van der Waals surface area (Å²) in [4.78, 5) is 2.55. The molecule has 1 aliphatic heterocycles. The lowest BCUT2D eigenvalue weighted by Crippen LogP contribution is -2.24. The minimum absolute atomic E-state index is 0.500. The molecular formula is C17H30N2O. The third kappa shape index (κ3) is 4.95. The molecule has 1 saturated heterocycles. The van der Waals surface area contributed by atoms with Crippen LogP contribution in [0.3, 0.4) is 0 Å². The van der Waals surface area contributed by atoms with E-state index in [1.165, 1.54) is 38.8 Å². The highest BCUT2D eigenvalue weighted by atomic mass is 16.3. The van der Waals surface area contributed by atoms with Crippen molar-refractivity contribution in [2.24, 2.45) is 5.92 Å². The fourth-order valence-electron chi connectivity index (χ4n) is 2.92. The van der Waals surface area contributed by atoms with Crippen LogP contribution in [0.5, 0.6) is 0 Å². The molecule has 114 valence electrons. The summed E-state index contributed by atoms with van der Waals surface area (Å²) in [5, 5.41) is 3.39. The molecule has 1 atom stereocenters. The van der Waals surface area contributed by atoms with E-state index in [-0.39, 0.29) is 0 Å². The van der Waals surface area contributed by atoms with E-state index in [1.54, 1.807) is 0 Å². The van der Waals surface area contributed by atoms with Crippen LogP contribution in [0, 0.1) is 5.92 Å². The number of hydrogen-bond donors (Lipinski definition) is 1. The van der Waals surface area contributed by atoms with Crippen molar-refractivity contribution >= 4 is 0 Å². The quantitative estimate of drug-likeness (QED) is 0.858. The van der Waals surface area contributed by atoms with E-state index in [9.17, 15) is 0 Å². The lowest BCUT2D eigenvalue weighted by atomic mass is 9.98. The lowest BCUT2D eigenvalue weighted by molar-refractivity contribution is 0.246. The largest absolute Gasteiger partial charge is 0.463 e. The van der Waals surface area contributed by atoms with Gasteiger partial charge in [-0.05, 0) is 50.4 Å². The number of rotatable bonds is 6. The van der Waals surface area contributed by atoms with Gasteiger partial charge < -0.3 is 9.73 Å². The third-order valence-corrected chi connectivity index (χ3v) is 4.30. The zero-order chi connectivity index (χ0) is 14.4. The van der Waals surface area contributed by atoms with Crippen LogP contribution >= 0.6 is 0 Å². The van der Waals surface area contributed by atoms with E-state index in [0.29, 0.717) is 6.04 Å². The van der Waals surface area contributed by atoms with E-state index < -0.39 is 0 Å². The van der Waals surface area contributed by atoms with Gasteiger partial charge >= 0.3 is 0 Å². The Labute approximate surface area is 123 Å². The van der Waals surface area contributed by atoms with Crippen LogP contribution in [-0.2, 0) is 13.1 Å². The average molecular weight is 278 g/mol. The molecule has 1 aromatic heterocycles. The predicted molar refractivity (Wildman–Crippen MR) is 83.6 cm³/mol. The molecule has 0 amide bonds. The van der Waals surface area contributed by atoms with E-state index in [1.807, 2.05) is 0 Å². The van der Waals surface area contributed by atoms with Crippen molar-refractivity contribution in [1.82, 2.24) is 10.2 Å². The van der Waals surface area contributed by atoms with Gasteiger partial charge in [-0.15, -0.1) is 0 Å². The fourth-order valence-corrected chi connectivity index (χ4v) is 2.92. The van der Waals surface area contributed by atoms with Crippen molar-refractivity contribution in [1.29, 1.82) is 0 Å². The van der Waals surface area contributed by atoms with Gasteiger partial charge in [-0.1, -0.05) is 27.2 Å². The summed E-state index contributed by atoms with van der Waals surface area (Å²) < 4.78 is 5.93. The first-order chi connectivity index (χ1) is 9.67. The van der Waals surface area contributed by atoms with Crippen molar-refractivity contribution in [2.45, 2.75) is 65.6 Å². The standard InChI is InChI=1S/C17H30N2O/c1-4-15-6-5-10-19(11-9-15)13-17-8-7-16(20-17)12-18-14(2)3/h7-8,14-15,18H,4-6,9-13H2,1-3H3. The zero-order valence-electron chi connectivity index (χ0n) is 13.3. The molecule has 3 nitrogen and oxygen atoms in total. The first-order valence-corrected chi connectivity index (χ1v) is 8.20. The summed E-state index contributed by atoms with van der Waals surface area (Å²) in [5.74, 6) is 3.10. The Kier molecular flexibility index (Phi) is 6.11. The van der Waals surface area contributed by atoms with Crippen molar-refractivity contribution in [3.8, 4) is 0 Å². The molecule has 1 fully saturated rings. The predicted octanol–water partition coefficient (Wildman–Crippen LogP) is 3.79. The molecule has 1 aliphatic rings. The Balaban J connectivity index is 1.80. The van der Waals surface area contributed by atoms with Gasteiger partial charge in [0.15, 0.2) is 0 Å². The molecule has 2 heterocycles. The van der Waals surface area contributed by atoms with Crippen molar-refractivity contribution in [3.05, 3.63) is 23.7 Å². The molecule has 1 unspecified atom stereocenters. The smallest absolute Gasteiger partial charge is 0.118 e. The van der Waals surface area contributed by atoms with Crippen molar-refractivity contribution in [3.63, 3.8) is 0 Å². The molecular weight excluding hydrogens is 248 g/mol. The summed E-state index contributed by atoms with van der Waals surface area (Å²) in [6, 6.07) is 4.75. The van der Waals surface area contributed by atoms with Crippen molar-refractivity contribution in [2.75, 3.05) is 13.1 Å². The summed E-state index contributed by atoms with van der Waals surface area (Å²) in [5.41, 5.74) is 0. The van der Waals surface area contributed by atoms with Gasteiger partial charge in [0.1, 0.15) is 11.5 Å². The van der Waals surface area contributed by atoms with Gasteiger partial charge in [0.25, 0.3) is 0 Å². The highest BCUT2D eigenvalue weighted by molar-refractivity contribution is 5.07. The van der Waals surface area contributed by atoms with Gasteiger partial charge in [0, 0.05) is 6.04 Å². The van der Waals surface area contributed by atoms with Gasteiger partial charge in [-0.2, -0.15) is 0 Å². The summed E-state index contributed by atoms with van der Waals surface area (Å²) >= 11 is 0. The van der Waals surface area contributed by atoms with Crippen LogP contribution in [0.2, 0.25) is 0 Å². The minimum Gasteiger partial charge on any atom is -0.463 e. The van der Waals surface area contributed by atoms with E-state index in [4.69, 9.17) is 4.42 Å². The first kappa shape index (κ1) is 15.6. The van der Waals surface area contributed by atoms with E-state index >= 15 is 0 Å². The van der Waals surface area contributed by atoms with Gasteiger partial charge in [-0.25, -0.2) is 0 Å². The number of hydrogen-bond acceptors (Lipinski definition) is 3. The maximum atomic E-state index is 5.93. The van der Waals surface area contributed by atoms with E-state index in [2.05, 4.69) is 43.1 Å². The van der Waals surface area contributed by atoms with Crippen LogP contribution < -0.4 is 5.32 Å². The monoisotopic (exact) mass is 278 g/mol. The Morgan fingerprint density at radius 2 is 2.05 bits per heavy atom. The second-order valence-corrected chi connectivity index (χ2v) is 6.38.